The van der Waals surface area contributed by atoms with Gasteiger partial charge in [-0.1, -0.05) is 51.4 Å². The van der Waals surface area contributed by atoms with Crippen LogP contribution in [0.25, 0.3) is 0 Å². The summed E-state index contributed by atoms with van der Waals surface area (Å²) in [4.78, 5) is 27.4. The van der Waals surface area contributed by atoms with Crippen LogP contribution in [0.3, 0.4) is 0 Å². The van der Waals surface area contributed by atoms with Crippen molar-refractivity contribution in [2.75, 3.05) is 12.4 Å². The largest absolute Gasteiger partial charge is 0.464 e. The van der Waals surface area contributed by atoms with Gasteiger partial charge >= 0.3 is 5.97 Å². The minimum absolute atomic E-state index is 0.000205. The quantitative estimate of drug-likeness (QED) is 0.595. The SMILES string of the molecule is CCOC(=O)C1CSC(c2cccc(Cl)c2)N1C(=O)CC(C)CC(C)(C)C. The zero-order chi connectivity index (χ0) is 20.2. The number of esters is 1. The van der Waals surface area contributed by atoms with E-state index in [0.717, 1.165) is 12.0 Å². The lowest BCUT2D eigenvalue weighted by atomic mass is 9.84. The first-order valence-corrected chi connectivity index (χ1v) is 10.9. The number of carbonyl (C=O) groups excluding carboxylic acids is 2. The number of carbonyl (C=O) groups is 2. The third-order valence-corrected chi connectivity index (χ3v) is 6.02. The van der Waals surface area contributed by atoms with Gasteiger partial charge in [-0.2, -0.15) is 0 Å². The maximum atomic E-state index is 13.2. The number of nitrogens with zero attached hydrogens (tertiary/aromatic N) is 1. The van der Waals surface area contributed by atoms with Gasteiger partial charge in [-0.3, -0.25) is 4.79 Å². The molecule has 3 atom stereocenters. The monoisotopic (exact) mass is 411 g/mol. The fourth-order valence-electron chi connectivity index (χ4n) is 3.67. The van der Waals surface area contributed by atoms with Crippen LogP contribution in [0.4, 0.5) is 0 Å². The number of rotatable bonds is 6. The van der Waals surface area contributed by atoms with Crippen LogP contribution < -0.4 is 0 Å². The summed E-state index contributed by atoms with van der Waals surface area (Å²) in [5.41, 5.74) is 1.10. The van der Waals surface area contributed by atoms with E-state index in [-0.39, 0.29) is 28.6 Å². The molecule has 1 saturated heterocycles. The molecule has 0 N–H and O–H groups in total. The van der Waals surface area contributed by atoms with Crippen LogP contribution in [0.5, 0.6) is 0 Å². The van der Waals surface area contributed by atoms with Gasteiger partial charge in [0.05, 0.1) is 6.61 Å². The Hall–Kier alpha value is -1.20. The molecule has 150 valence electrons. The molecule has 1 aliphatic heterocycles. The number of benzene rings is 1. The van der Waals surface area contributed by atoms with Gasteiger partial charge in [-0.15, -0.1) is 11.8 Å². The zero-order valence-electron chi connectivity index (χ0n) is 16.8. The van der Waals surface area contributed by atoms with Crippen molar-refractivity contribution < 1.29 is 14.3 Å². The minimum Gasteiger partial charge on any atom is -0.464 e. The molecule has 1 aromatic carbocycles. The lowest BCUT2D eigenvalue weighted by Crippen LogP contribution is -2.44. The lowest BCUT2D eigenvalue weighted by molar-refractivity contribution is -0.154. The fraction of sp³-hybridized carbons (Fsp3) is 0.619. The van der Waals surface area contributed by atoms with E-state index >= 15 is 0 Å². The molecule has 0 radical (unpaired) electrons. The van der Waals surface area contributed by atoms with E-state index in [0.29, 0.717) is 23.8 Å². The Labute approximate surface area is 172 Å². The maximum absolute atomic E-state index is 13.2. The van der Waals surface area contributed by atoms with Crippen molar-refractivity contribution in [3.8, 4) is 0 Å². The minimum atomic E-state index is -0.548. The number of thioether (sulfide) groups is 1. The first kappa shape index (κ1) is 22.1. The van der Waals surface area contributed by atoms with Crippen molar-refractivity contribution in [2.24, 2.45) is 11.3 Å². The van der Waals surface area contributed by atoms with Crippen molar-refractivity contribution in [2.45, 2.75) is 58.9 Å². The van der Waals surface area contributed by atoms with Crippen LogP contribution in [0, 0.1) is 11.3 Å². The molecule has 27 heavy (non-hydrogen) atoms. The third-order valence-electron chi connectivity index (χ3n) is 4.46. The fourth-order valence-corrected chi connectivity index (χ4v) is 5.29. The number of halogens is 1. The maximum Gasteiger partial charge on any atom is 0.329 e. The number of hydrogen-bond donors (Lipinski definition) is 0. The highest BCUT2D eigenvalue weighted by molar-refractivity contribution is 7.99. The Bertz CT molecular complexity index is 674. The smallest absolute Gasteiger partial charge is 0.329 e. The van der Waals surface area contributed by atoms with Crippen molar-refractivity contribution in [3.05, 3.63) is 34.9 Å². The second kappa shape index (κ2) is 9.33. The van der Waals surface area contributed by atoms with Gasteiger partial charge in [-0.05, 0) is 42.4 Å². The molecule has 1 heterocycles. The normalized spacial score (nSPS) is 21.2. The molecule has 6 heteroatoms. The topological polar surface area (TPSA) is 46.6 Å². The van der Waals surface area contributed by atoms with Crippen LogP contribution in [0.15, 0.2) is 24.3 Å². The summed E-state index contributed by atoms with van der Waals surface area (Å²) in [5.74, 6) is 0.451. The van der Waals surface area contributed by atoms with Crippen LogP contribution in [-0.2, 0) is 14.3 Å². The van der Waals surface area contributed by atoms with Crippen LogP contribution >= 0.6 is 23.4 Å². The van der Waals surface area contributed by atoms with Gasteiger partial charge in [0, 0.05) is 17.2 Å². The molecule has 1 aliphatic rings. The molecular formula is C21H30ClNO3S. The van der Waals surface area contributed by atoms with Gasteiger partial charge in [0.1, 0.15) is 11.4 Å². The number of ether oxygens (including phenoxy) is 1. The average molecular weight is 412 g/mol. The Kier molecular flexibility index (Phi) is 7.64. The summed E-state index contributed by atoms with van der Waals surface area (Å²) in [6.07, 6.45) is 1.37. The van der Waals surface area contributed by atoms with Crippen LogP contribution in [-0.4, -0.2) is 35.2 Å². The first-order chi connectivity index (χ1) is 12.6. The summed E-state index contributed by atoms with van der Waals surface area (Å²) < 4.78 is 5.23. The van der Waals surface area contributed by atoms with E-state index in [4.69, 9.17) is 16.3 Å². The molecule has 3 unspecified atom stereocenters. The molecule has 1 fully saturated rings. The lowest BCUT2D eigenvalue weighted by Gasteiger charge is -2.31. The van der Waals surface area contributed by atoms with E-state index in [2.05, 4.69) is 27.7 Å². The predicted octanol–water partition coefficient (Wildman–Crippen LogP) is 5.31. The predicted molar refractivity (Wildman–Crippen MR) is 112 cm³/mol. The molecule has 1 amide bonds. The molecule has 0 aliphatic carbocycles. The third kappa shape index (κ3) is 6.15. The van der Waals surface area contributed by atoms with E-state index in [9.17, 15) is 9.59 Å². The summed E-state index contributed by atoms with van der Waals surface area (Å²) >= 11 is 7.74. The number of hydrogen-bond acceptors (Lipinski definition) is 4. The van der Waals surface area contributed by atoms with Crippen molar-refractivity contribution in [1.82, 2.24) is 4.90 Å². The number of amides is 1. The van der Waals surface area contributed by atoms with Gasteiger partial charge in [-0.25, -0.2) is 4.79 Å². The summed E-state index contributed by atoms with van der Waals surface area (Å²) in [7, 11) is 0. The first-order valence-electron chi connectivity index (χ1n) is 9.47. The highest BCUT2D eigenvalue weighted by Crippen LogP contribution is 2.43. The molecule has 0 bridgehead atoms. The second-order valence-electron chi connectivity index (χ2n) is 8.38. The van der Waals surface area contributed by atoms with Gasteiger partial charge in [0.2, 0.25) is 5.91 Å². The summed E-state index contributed by atoms with van der Waals surface area (Å²) in [6.45, 7) is 10.7. The zero-order valence-corrected chi connectivity index (χ0v) is 18.4. The Morgan fingerprint density at radius 3 is 2.67 bits per heavy atom. The Balaban J connectivity index is 2.24. The van der Waals surface area contributed by atoms with Crippen molar-refractivity contribution >= 4 is 35.2 Å². The van der Waals surface area contributed by atoms with Gasteiger partial charge in [0.15, 0.2) is 0 Å². The molecule has 0 spiro atoms. The van der Waals surface area contributed by atoms with Crippen molar-refractivity contribution in [3.63, 3.8) is 0 Å². The standard InChI is InChI=1S/C21H30ClNO3S/c1-6-26-20(25)17-13-27-19(15-8-7-9-16(22)11-15)23(17)18(24)10-14(2)12-21(3,4)5/h7-9,11,14,17,19H,6,10,12-13H2,1-5H3. The van der Waals surface area contributed by atoms with Crippen LogP contribution in [0.1, 0.15) is 58.4 Å². The molecule has 1 aromatic rings. The Morgan fingerprint density at radius 2 is 2.07 bits per heavy atom. The highest BCUT2D eigenvalue weighted by Gasteiger charge is 2.43. The van der Waals surface area contributed by atoms with Gasteiger partial charge < -0.3 is 9.64 Å². The highest BCUT2D eigenvalue weighted by atomic mass is 35.5. The molecular weight excluding hydrogens is 382 g/mol. The van der Waals surface area contributed by atoms with Crippen LogP contribution in [0.2, 0.25) is 5.02 Å². The summed E-state index contributed by atoms with van der Waals surface area (Å²) in [5, 5.41) is 0.411. The van der Waals surface area contributed by atoms with Gasteiger partial charge in [0.25, 0.3) is 0 Å². The van der Waals surface area contributed by atoms with Crippen molar-refractivity contribution in [1.29, 1.82) is 0 Å². The average Bonchev–Trinajstić information content (AvgIpc) is 2.98. The molecule has 0 aromatic heterocycles. The van der Waals surface area contributed by atoms with E-state index in [1.807, 2.05) is 24.3 Å². The summed E-state index contributed by atoms with van der Waals surface area (Å²) in [6, 6.07) is 6.96. The molecule has 0 saturated carbocycles. The molecule has 4 nitrogen and oxygen atoms in total. The molecule has 2 rings (SSSR count). The van der Waals surface area contributed by atoms with E-state index in [1.54, 1.807) is 23.6 Å². The second-order valence-corrected chi connectivity index (χ2v) is 9.93. The van der Waals surface area contributed by atoms with E-state index < -0.39 is 6.04 Å². The van der Waals surface area contributed by atoms with E-state index in [1.165, 1.54) is 0 Å². The Morgan fingerprint density at radius 1 is 1.37 bits per heavy atom.